The van der Waals surface area contributed by atoms with E-state index in [-0.39, 0.29) is 0 Å². The molecule has 88 valence electrons. The number of hydrogen-bond acceptors (Lipinski definition) is 4. The van der Waals surface area contributed by atoms with Gasteiger partial charge in [0.2, 0.25) is 0 Å². The standard InChI is InChI=1S/C13H15N3O/c14-11-5-6-12(16-8-1-2-9-17-16)13-10(11)4-3-7-15-13/h3-7H,1-2,8-9,14H2. The minimum Gasteiger partial charge on any atom is -0.398 e. The SMILES string of the molecule is Nc1ccc(N2CCCCO2)c2ncccc12. The second-order valence-electron chi connectivity index (χ2n) is 4.22. The molecule has 3 rings (SSSR count). The van der Waals surface area contributed by atoms with E-state index in [2.05, 4.69) is 4.98 Å². The molecular formula is C13H15N3O. The monoisotopic (exact) mass is 229 g/mol. The first-order valence-electron chi connectivity index (χ1n) is 5.90. The number of nitrogen functional groups attached to an aromatic ring is 1. The number of benzene rings is 1. The first-order valence-corrected chi connectivity index (χ1v) is 5.90. The Bertz CT molecular complexity index is 535. The summed E-state index contributed by atoms with van der Waals surface area (Å²) in [6.07, 6.45) is 4.06. The Labute approximate surface area is 100.0 Å². The van der Waals surface area contributed by atoms with Crippen LogP contribution in [0.5, 0.6) is 0 Å². The Balaban J connectivity index is 2.12. The maximum absolute atomic E-state index is 5.96. The summed E-state index contributed by atoms with van der Waals surface area (Å²) in [5.74, 6) is 0. The first kappa shape index (κ1) is 10.4. The third-order valence-electron chi connectivity index (χ3n) is 3.05. The molecule has 1 aliphatic rings. The van der Waals surface area contributed by atoms with E-state index in [9.17, 15) is 0 Å². The number of hydroxylamine groups is 1. The zero-order valence-corrected chi connectivity index (χ0v) is 9.60. The number of pyridine rings is 1. The van der Waals surface area contributed by atoms with Gasteiger partial charge in [0.25, 0.3) is 0 Å². The quantitative estimate of drug-likeness (QED) is 0.763. The minimum absolute atomic E-state index is 0.758. The molecule has 17 heavy (non-hydrogen) atoms. The summed E-state index contributed by atoms with van der Waals surface area (Å²) in [5, 5.41) is 2.91. The lowest BCUT2D eigenvalue weighted by atomic mass is 10.1. The van der Waals surface area contributed by atoms with E-state index in [4.69, 9.17) is 10.6 Å². The lowest BCUT2D eigenvalue weighted by Crippen LogP contribution is -2.30. The average Bonchev–Trinajstić information content (AvgIpc) is 2.41. The number of fused-ring (bicyclic) bond motifs is 1. The van der Waals surface area contributed by atoms with Gasteiger partial charge in [-0.15, -0.1) is 0 Å². The van der Waals surface area contributed by atoms with Crippen molar-refractivity contribution in [3.63, 3.8) is 0 Å². The summed E-state index contributed by atoms with van der Waals surface area (Å²) >= 11 is 0. The first-order chi connectivity index (χ1) is 8.36. The van der Waals surface area contributed by atoms with Crippen LogP contribution in [0.2, 0.25) is 0 Å². The molecule has 0 atom stereocenters. The van der Waals surface area contributed by atoms with Gasteiger partial charge in [-0.05, 0) is 37.1 Å². The maximum atomic E-state index is 5.96. The molecule has 1 saturated heterocycles. The third kappa shape index (κ3) is 1.80. The molecule has 1 aliphatic heterocycles. The molecule has 0 spiro atoms. The molecule has 1 fully saturated rings. The Morgan fingerprint density at radius 2 is 2.18 bits per heavy atom. The second-order valence-corrected chi connectivity index (χ2v) is 4.22. The van der Waals surface area contributed by atoms with Gasteiger partial charge >= 0.3 is 0 Å². The van der Waals surface area contributed by atoms with Crippen LogP contribution in [0.15, 0.2) is 30.5 Å². The van der Waals surface area contributed by atoms with Crippen LogP contribution in [-0.4, -0.2) is 18.1 Å². The van der Waals surface area contributed by atoms with Crippen LogP contribution in [0.25, 0.3) is 10.9 Å². The molecule has 4 nitrogen and oxygen atoms in total. The van der Waals surface area contributed by atoms with Crippen LogP contribution in [0.4, 0.5) is 11.4 Å². The molecular weight excluding hydrogens is 214 g/mol. The topological polar surface area (TPSA) is 51.4 Å². The average molecular weight is 229 g/mol. The van der Waals surface area contributed by atoms with Gasteiger partial charge in [0.1, 0.15) is 0 Å². The fourth-order valence-corrected chi connectivity index (χ4v) is 2.17. The highest BCUT2D eigenvalue weighted by Crippen LogP contribution is 2.30. The lowest BCUT2D eigenvalue weighted by molar-refractivity contribution is 0.0783. The van der Waals surface area contributed by atoms with Crippen LogP contribution >= 0.6 is 0 Å². The smallest absolute Gasteiger partial charge is 0.0979 e. The molecule has 2 N–H and O–H groups in total. The van der Waals surface area contributed by atoms with E-state index < -0.39 is 0 Å². The van der Waals surface area contributed by atoms with Crippen molar-refractivity contribution in [2.45, 2.75) is 12.8 Å². The molecule has 0 radical (unpaired) electrons. The molecule has 0 bridgehead atoms. The van der Waals surface area contributed by atoms with Gasteiger partial charge in [0.15, 0.2) is 0 Å². The van der Waals surface area contributed by atoms with Crippen LogP contribution in [-0.2, 0) is 4.84 Å². The number of nitrogens with zero attached hydrogens (tertiary/aromatic N) is 2. The molecule has 4 heteroatoms. The van der Waals surface area contributed by atoms with Gasteiger partial charge < -0.3 is 5.73 Å². The zero-order valence-electron chi connectivity index (χ0n) is 9.60. The van der Waals surface area contributed by atoms with Gasteiger partial charge in [-0.2, -0.15) is 0 Å². The number of hydrogen-bond donors (Lipinski definition) is 1. The van der Waals surface area contributed by atoms with Crippen molar-refractivity contribution in [3.8, 4) is 0 Å². The highest BCUT2D eigenvalue weighted by molar-refractivity contribution is 5.98. The van der Waals surface area contributed by atoms with E-state index in [1.54, 1.807) is 6.20 Å². The van der Waals surface area contributed by atoms with Crippen molar-refractivity contribution >= 4 is 22.3 Å². The molecule has 1 aromatic heterocycles. The number of anilines is 2. The van der Waals surface area contributed by atoms with E-state index >= 15 is 0 Å². The molecule has 0 aliphatic carbocycles. The molecule has 2 aromatic rings. The van der Waals surface area contributed by atoms with Crippen LogP contribution in [0.1, 0.15) is 12.8 Å². The van der Waals surface area contributed by atoms with Crippen LogP contribution in [0.3, 0.4) is 0 Å². The summed E-state index contributed by atoms with van der Waals surface area (Å²) in [6.45, 7) is 1.69. The molecule has 2 heterocycles. The van der Waals surface area contributed by atoms with Crippen molar-refractivity contribution in [2.24, 2.45) is 0 Å². The second kappa shape index (κ2) is 4.22. The lowest BCUT2D eigenvalue weighted by Gasteiger charge is -2.28. The van der Waals surface area contributed by atoms with E-state index in [0.717, 1.165) is 48.3 Å². The summed E-state index contributed by atoms with van der Waals surface area (Å²) in [7, 11) is 0. The zero-order chi connectivity index (χ0) is 11.7. The van der Waals surface area contributed by atoms with Crippen molar-refractivity contribution in [2.75, 3.05) is 23.9 Å². The summed E-state index contributed by atoms with van der Waals surface area (Å²) in [5.41, 5.74) is 8.63. The number of nitrogens with two attached hydrogens (primary N) is 1. The van der Waals surface area contributed by atoms with Gasteiger partial charge in [0.05, 0.1) is 17.8 Å². The van der Waals surface area contributed by atoms with Gasteiger partial charge in [-0.25, -0.2) is 0 Å². The number of aromatic nitrogens is 1. The predicted octanol–water partition coefficient (Wildman–Crippen LogP) is 2.35. The Kier molecular flexibility index (Phi) is 2.57. The van der Waals surface area contributed by atoms with E-state index in [0.29, 0.717) is 0 Å². The van der Waals surface area contributed by atoms with Crippen molar-refractivity contribution < 1.29 is 4.84 Å². The van der Waals surface area contributed by atoms with Gasteiger partial charge in [-0.1, -0.05) is 0 Å². The summed E-state index contributed by atoms with van der Waals surface area (Å²) in [4.78, 5) is 10.1. The Morgan fingerprint density at radius 1 is 1.24 bits per heavy atom. The fraction of sp³-hybridized carbons (Fsp3) is 0.308. The molecule has 0 saturated carbocycles. The van der Waals surface area contributed by atoms with Gasteiger partial charge in [-0.3, -0.25) is 14.9 Å². The van der Waals surface area contributed by atoms with Crippen molar-refractivity contribution in [1.82, 2.24) is 4.98 Å². The van der Waals surface area contributed by atoms with Crippen molar-refractivity contribution in [3.05, 3.63) is 30.5 Å². The Hall–Kier alpha value is -1.81. The highest BCUT2D eigenvalue weighted by Gasteiger charge is 2.15. The van der Waals surface area contributed by atoms with Crippen LogP contribution in [0, 0.1) is 0 Å². The normalized spacial score (nSPS) is 16.4. The largest absolute Gasteiger partial charge is 0.398 e. The highest BCUT2D eigenvalue weighted by atomic mass is 16.7. The predicted molar refractivity (Wildman–Crippen MR) is 68.7 cm³/mol. The third-order valence-corrected chi connectivity index (χ3v) is 3.05. The molecule has 0 amide bonds. The number of rotatable bonds is 1. The summed E-state index contributed by atoms with van der Waals surface area (Å²) < 4.78 is 0. The molecule has 1 aromatic carbocycles. The Morgan fingerprint density at radius 3 is 3.00 bits per heavy atom. The maximum Gasteiger partial charge on any atom is 0.0979 e. The fourth-order valence-electron chi connectivity index (χ4n) is 2.17. The minimum atomic E-state index is 0.758. The van der Waals surface area contributed by atoms with Crippen LogP contribution < -0.4 is 10.8 Å². The molecule has 0 unspecified atom stereocenters. The summed E-state index contributed by atoms with van der Waals surface area (Å²) in [6, 6.07) is 7.79. The van der Waals surface area contributed by atoms with Crippen molar-refractivity contribution in [1.29, 1.82) is 0 Å². The van der Waals surface area contributed by atoms with E-state index in [1.165, 1.54) is 0 Å². The van der Waals surface area contributed by atoms with Gasteiger partial charge in [0, 0.05) is 23.8 Å². The van der Waals surface area contributed by atoms with E-state index in [1.807, 2.05) is 29.3 Å².